The lowest BCUT2D eigenvalue weighted by Crippen LogP contribution is -2.46. The van der Waals surface area contributed by atoms with Gasteiger partial charge >= 0.3 is 12.2 Å². The molecule has 0 aromatic heterocycles. The molecule has 0 radical (unpaired) electrons. The van der Waals surface area contributed by atoms with E-state index >= 15 is 0 Å². The minimum atomic E-state index is -4.54. The van der Waals surface area contributed by atoms with Crippen LogP contribution in [0.25, 0.3) is 0 Å². The number of benzene rings is 2. The first-order chi connectivity index (χ1) is 15.5. The van der Waals surface area contributed by atoms with Gasteiger partial charge in [0.15, 0.2) is 0 Å². The van der Waals surface area contributed by atoms with Gasteiger partial charge < -0.3 is 20.6 Å². The summed E-state index contributed by atoms with van der Waals surface area (Å²) in [6, 6.07) is 5.23. The molecule has 1 saturated heterocycles. The molecule has 0 unspecified atom stereocenters. The van der Waals surface area contributed by atoms with Gasteiger partial charge in [-0.2, -0.15) is 13.2 Å². The monoisotopic (exact) mass is 485 g/mol. The molecule has 176 valence electrons. The molecule has 0 saturated carbocycles. The second-order valence-corrected chi connectivity index (χ2v) is 8.62. The maximum Gasteiger partial charge on any atom is 0.393 e. The first-order valence-corrected chi connectivity index (χ1v) is 10.6. The number of rotatable bonds is 3. The van der Waals surface area contributed by atoms with Gasteiger partial charge in [-0.1, -0.05) is 24.6 Å². The molecule has 2 heterocycles. The fourth-order valence-corrected chi connectivity index (χ4v) is 4.62. The third-order valence-electron chi connectivity index (χ3n) is 6.10. The van der Waals surface area contributed by atoms with Gasteiger partial charge in [0, 0.05) is 40.0 Å². The lowest BCUT2D eigenvalue weighted by atomic mass is 9.96. The number of halogens is 5. The summed E-state index contributed by atoms with van der Waals surface area (Å²) in [6.45, 7) is 0.704. The molecule has 3 amide bonds. The molecule has 0 spiro atoms. The quantitative estimate of drug-likeness (QED) is 0.561. The maximum absolute atomic E-state index is 13.9. The summed E-state index contributed by atoms with van der Waals surface area (Å²) in [5.74, 6) is -2.88. The molecular weight excluding hydrogens is 466 g/mol. The fourth-order valence-electron chi connectivity index (χ4n) is 4.39. The van der Waals surface area contributed by atoms with Gasteiger partial charge in [-0.25, -0.2) is 9.18 Å². The van der Waals surface area contributed by atoms with Crippen LogP contribution in [0, 0.1) is 11.7 Å². The van der Waals surface area contributed by atoms with E-state index in [0.717, 1.165) is 17.9 Å². The van der Waals surface area contributed by atoms with Crippen molar-refractivity contribution >= 4 is 29.2 Å². The summed E-state index contributed by atoms with van der Waals surface area (Å²) in [4.78, 5) is 26.5. The molecule has 2 aliphatic heterocycles. The lowest BCUT2D eigenvalue weighted by Gasteiger charge is -2.31. The Balaban J connectivity index is 1.67. The van der Waals surface area contributed by atoms with Crippen molar-refractivity contribution in [2.24, 2.45) is 5.92 Å². The van der Waals surface area contributed by atoms with Crippen molar-refractivity contribution in [3.05, 3.63) is 63.9 Å². The Bertz CT molecular complexity index is 1110. The van der Waals surface area contributed by atoms with Crippen LogP contribution in [0.5, 0.6) is 0 Å². The van der Waals surface area contributed by atoms with Crippen LogP contribution in [0.4, 0.5) is 28.0 Å². The minimum Gasteiger partial charge on any atom is -0.391 e. The Labute approximate surface area is 191 Å². The van der Waals surface area contributed by atoms with Gasteiger partial charge in [0.1, 0.15) is 5.82 Å². The smallest absolute Gasteiger partial charge is 0.391 e. The molecular formula is C22H20ClF4N3O3. The van der Waals surface area contributed by atoms with E-state index in [1.54, 1.807) is 0 Å². The van der Waals surface area contributed by atoms with Crippen LogP contribution in [-0.2, 0) is 0 Å². The van der Waals surface area contributed by atoms with Crippen molar-refractivity contribution in [2.45, 2.75) is 37.7 Å². The highest BCUT2D eigenvalue weighted by Crippen LogP contribution is 2.40. The molecule has 0 aliphatic carbocycles. The third-order valence-corrected chi connectivity index (χ3v) is 6.45. The molecule has 1 fully saturated rings. The Morgan fingerprint density at radius 2 is 2.03 bits per heavy atom. The minimum absolute atomic E-state index is 0.168. The van der Waals surface area contributed by atoms with Crippen LogP contribution in [0.3, 0.4) is 0 Å². The summed E-state index contributed by atoms with van der Waals surface area (Å²) < 4.78 is 53.8. The SMILES string of the molecule is C[C@@H]([C@H]1C[C@H](O)CN1C(=O)Nc1cccc2c1[C@H](c1cc(F)ccc1Cl)NC2=O)C(F)(F)F. The number of aliphatic hydroxyl groups excluding tert-OH is 1. The van der Waals surface area contributed by atoms with Crippen molar-refractivity contribution in [1.29, 1.82) is 0 Å². The zero-order chi connectivity index (χ0) is 24.1. The van der Waals surface area contributed by atoms with Gasteiger partial charge in [-0.3, -0.25) is 4.79 Å². The van der Waals surface area contributed by atoms with Crippen LogP contribution in [-0.4, -0.2) is 46.8 Å². The zero-order valence-electron chi connectivity index (χ0n) is 17.3. The Morgan fingerprint density at radius 3 is 2.73 bits per heavy atom. The Hall–Kier alpha value is -2.85. The van der Waals surface area contributed by atoms with Gasteiger partial charge in [0.05, 0.1) is 18.1 Å². The van der Waals surface area contributed by atoms with Crippen molar-refractivity contribution < 1.29 is 32.3 Å². The molecule has 3 N–H and O–H groups in total. The average Bonchev–Trinajstić information content (AvgIpc) is 3.29. The summed E-state index contributed by atoms with van der Waals surface area (Å²) in [5.41, 5.74) is 0.981. The van der Waals surface area contributed by atoms with E-state index < -0.39 is 48.0 Å². The number of amides is 3. The standard InChI is InChI=1S/C22H20ClF4N3O3/c1-10(22(25,26)27)17-8-12(31)9-30(17)21(33)28-16-4-2-3-13-18(16)19(29-20(13)32)14-7-11(24)5-6-15(14)23/h2-7,10,12,17,19,31H,8-9H2,1H3,(H,28,33)(H,29,32)/t10-,12-,17+,19-/m0/s1. The van der Waals surface area contributed by atoms with E-state index in [9.17, 15) is 32.3 Å². The Morgan fingerprint density at radius 1 is 1.30 bits per heavy atom. The van der Waals surface area contributed by atoms with Crippen molar-refractivity contribution in [3.63, 3.8) is 0 Å². The molecule has 4 rings (SSSR count). The number of anilines is 1. The number of urea groups is 1. The highest BCUT2D eigenvalue weighted by atomic mass is 35.5. The van der Waals surface area contributed by atoms with E-state index in [4.69, 9.17) is 11.6 Å². The third kappa shape index (κ3) is 4.37. The molecule has 11 heteroatoms. The summed E-state index contributed by atoms with van der Waals surface area (Å²) >= 11 is 6.22. The highest BCUT2D eigenvalue weighted by molar-refractivity contribution is 6.31. The number of carbonyl (C=O) groups is 2. The average molecular weight is 486 g/mol. The van der Waals surface area contributed by atoms with E-state index in [0.29, 0.717) is 5.56 Å². The van der Waals surface area contributed by atoms with Crippen molar-refractivity contribution in [2.75, 3.05) is 11.9 Å². The number of fused-ring (bicyclic) bond motifs is 1. The number of likely N-dealkylation sites (tertiary alicyclic amines) is 1. The number of nitrogens with zero attached hydrogens (tertiary/aromatic N) is 1. The number of alkyl halides is 3. The summed E-state index contributed by atoms with van der Waals surface area (Å²) in [6.07, 6.45) is -5.84. The van der Waals surface area contributed by atoms with Crippen molar-refractivity contribution in [1.82, 2.24) is 10.2 Å². The molecule has 0 bridgehead atoms. The number of hydrogen-bond acceptors (Lipinski definition) is 3. The molecule has 2 aromatic rings. The molecule has 6 nitrogen and oxygen atoms in total. The lowest BCUT2D eigenvalue weighted by molar-refractivity contribution is -0.181. The van der Waals surface area contributed by atoms with Crippen molar-refractivity contribution in [3.8, 4) is 0 Å². The van der Waals surface area contributed by atoms with Crippen LogP contribution in [0.15, 0.2) is 36.4 Å². The summed E-state index contributed by atoms with van der Waals surface area (Å²) in [7, 11) is 0. The second-order valence-electron chi connectivity index (χ2n) is 8.21. The van der Waals surface area contributed by atoms with Gasteiger partial charge in [-0.05, 0) is 36.8 Å². The van der Waals surface area contributed by atoms with E-state index in [1.807, 2.05) is 0 Å². The van der Waals surface area contributed by atoms with Crippen LogP contribution in [0.1, 0.15) is 40.9 Å². The van der Waals surface area contributed by atoms with Crippen LogP contribution >= 0.6 is 11.6 Å². The maximum atomic E-state index is 13.9. The number of hydrogen-bond donors (Lipinski definition) is 3. The fraction of sp³-hybridized carbons (Fsp3) is 0.364. The second kappa shape index (κ2) is 8.49. The number of β-amino-alcohol motifs (C(OH)–C–C–N with tert-alkyl or cyclic N) is 1. The number of carbonyl (C=O) groups excluding carboxylic acids is 2. The number of nitrogens with one attached hydrogen (secondary N) is 2. The Kier molecular flexibility index (Phi) is 6.00. The molecule has 2 aliphatic rings. The van der Waals surface area contributed by atoms with Gasteiger partial charge in [-0.15, -0.1) is 0 Å². The van der Waals surface area contributed by atoms with E-state index in [2.05, 4.69) is 10.6 Å². The zero-order valence-corrected chi connectivity index (χ0v) is 18.0. The highest BCUT2D eigenvalue weighted by Gasteiger charge is 2.48. The van der Waals surface area contributed by atoms with Crippen LogP contribution < -0.4 is 10.6 Å². The normalized spacial score (nSPS) is 23.3. The van der Waals surface area contributed by atoms with Gasteiger partial charge in [0.25, 0.3) is 5.91 Å². The first kappa shape index (κ1) is 23.3. The predicted molar refractivity (Wildman–Crippen MR) is 113 cm³/mol. The van der Waals surface area contributed by atoms with E-state index in [1.165, 1.54) is 30.3 Å². The largest absolute Gasteiger partial charge is 0.393 e. The topological polar surface area (TPSA) is 81.7 Å². The van der Waals surface area contributed by atoms with Crippen LogP contribution in [0.2, 0.25) is 5.02 Å². The van der Waals surface area contributed by atoms with E-state index in [-0.39, 0.29) is 34.8 Å². The predicted octanol–water partition coefficient (Wildman–Crippen LogP) is 4.48. The first-order valence-electron chi connectivity index (χ1n) is 10.2. The molecule has 33 heavy (non-hydrogen) atoms. The number of aliphatic hydroxyl groups is 1. The van der Waals surface area contributed by atoms with Gasteiger partial charge in [0.2, 0.25) is 0 Å². The molecule has 4 atom stereocenters. The summed E-state index contributed by atoms with van der Waals surface area (Å²) in [5, 5.41) is 15.4. The molecule has 2 aromatic carbocycles.